The second-order valence-electron chi connectivity index (χ2n) is 6.70. The molecule has 6 nitrogen and oxygen atoms in total. The molecule has 1 aliphatic heterocycles. The number of nitrogens with zero attached hydrogens (tertiary/aromatic N) is 1. The van der Waals surface area contributed by atoms with Crippen molar-refractivity contribution in [3.8, 4) is 5.75 Å². The van der Waals surface area contributed by atoms with Gasteiger partial charge in [-0.2, -0.15) is 0 Å². The third kappa shape index (κ3) is 5.94. The molecule has 1 aromatic carbocycles. The van der Waals surface area contributed by atoms with Gasteiger partial charge in [0.05, 0.1) is 25.4 Å². The van der Waals surface area contributed by atoms with Gasteiger partial charge in [0.15, 0.2) is 0 Å². The van der Waals surface area contributed by atoms with E-state index in [2.05, 4.69) is 6.92 Å². The number of aliphatic hydroxyl groups excluding tert-OH is 3. The second kappa shape index (κ2) is 10.1. The molecule has 0 amide bonds. The van der Waals surface area contributed by atoms with Crippen LogP contribution in [0.4, 0.5) is 0 Å². The molecule has 4 atom stereocenters. The number of piperidine rings is 1. The summed E-state index contributed by atoms with van der Waals surface area (Å²) in [5.41, 5.74) is 1.17. The third-order valence-corrected chi connectivity index (χ3v) is 4.83. The van der Waals surface area contributed by atoms with Gasteiger partial charge in [0.1, 0.15) is 11.9 Å². The number of hydrogen-bond acceptors (Lipinski definition) is 6. The zero-order chi connectivity index (χ0) is 18.2. The molecule has 2 unspecified atom stereocenters. The molecule has 0 bridgehead atoms. The number of benzene rings is 1. The van der Waals surface area contributed by atoms with Crippen LogP contribution in [-0.2, 0) is 11.2 Å². The molecule has 1 heterocycles. The van der Waals surface area contributed by atoms with Gasteiger partial charge in [-0.15, -0.1) is 0 Å². The first-order valence-corrected chi connectivity index (χ1v) is 9.02. The smallest absolute Gasteiger partial charge is 0.122 e. The van der Waals surface area contributed by atoms with Gasteiger partial charge in [-0.3, -0.25) is 4.90 Å². The minimum atomic E-state index is -0.747. The predicted molar refractivity (Wildman–Crippen MR) is 95.8 cm³/mol. The molecule has 0 aliphatic carbocycles. The lowest BCUT2D eigenvalue weighted by atomic mass is 9.97. The summed E-state index contributed by atoms with van der Waals surface area (Å²) in [5, 5.41) is 29.1. The van der Waals surface area contributed by atoms with E-state index in [4.69, 9.17) is 9.47 Å². The summed E-state index contributed by atoms with van der Waals surface area (Å²) < 4.78 is 11.0. The Labute approximate surface area is 150 Å². The molecule has 25 heavy (non-hydrogen) atoms. The molecule has 2 rings (SSSR count). The number of methoxy groups -OCH3 is 1. The molecule has 0 aromatic heterocycles. The summed E-state index contributed by atoms with van der Waals surface area (Å²) in [6.45, 7) is 3.76. The number of ether oxygens (including phenoxy) is 2. The van der Waals surface area contributed by atoms with Gasteiger partial charge in [-0.05, 0) is 37.0 Å². The van der Waals surface area contributed by atoms with Crippen LogP contribution in [0.15, 0.2) is 24.3 Å². The highest BCUT2D eigenvalue weighted by Crippen LogP contribution is 2.20. The fraction of sp³-hybridized carbons (Fsp3) is 0.684. The monoisotopic (exact) mass is 353 g/mol. The van der Waals surface area contributed by atoms with Crippen molar-refractivity contribution < 1.29 is 24.8 Å². The summed E-state index contributed by atoms with van der Waals surface area (Å²) in [7, 11) is 1.67. The Morgan fingerprint density at radius 1 is 1.20 bits per heavy atom. The van der Waals surface area contributed by atoms with Crippen LogP contribution in [0, 0.1) is 0 Å². The summed E-state index contributed by atoms with van der Waals surface area (Å²) in [5.74, 6) is 0.831. The van der Waals surface area contributed by atoms with E-state index in [1.54, 1.807) is 7.11 Å². The van der Waals surface area contributed by atoms with Crippen LogP contribution in [0.1, 0.15) is 25.3 Å². The number of aliphatic hydroxyl groups is 3. The average Bonchev–Trinajstić information content (AvgIpc) is 2.63. The summed E-state index contributed by atoms with van der Waals surface area (Å²) in [6.07, 6.45) is 0.676. The lowest BCUT2D eigenvalue weighted by Gasteiger charge is -2.39. The van der Waals surface area contributed by atoms with Crippen LogP contribution < -0.4 is 4.74 Å². The molecule has 0 saturated carbocycles. The summed E-state index contributed by atoms with van der Waals surface area (Å²) in [6, 6.07) is 7.91. The van der Waals surface area contributed by atoms with Crippen molar-refractivity contribution in [2.45, 2.75) is 50.5 Å². The van der Waals surface area contributed by atoms with Gasteiger partial charge in [0, 0.05) is 26.2 Å². The maximum Gasteiger partial charge on any atom is 0.122 e. The maximum absolute atomic E-state index is 9.85. The minimum absolute atomic E-state index is 0.00549. The highest BCUT2D eigenvalue weighted by atomic mass is 16.5. The van der Waals surface area contributed by atoms with Crippen molar-refractivity contribution in [2.75, 3.05) is 33.4 Å². The van der Waals surface area contributed by atoms with E-state index in [9.17, 15) is 15.3 Å². The molecule has 1 aromatic rings. The van der Waals surface area contributed by atoms with Gasteiger partial charge < -0.3 is 24.8 Å². The van der Waals surface area contributed by atoms with E-state index in [-0.39, 0.29) is 18.8 Å². The molecule has 3 N–H and O–H groups in total. The lowest BCUT2D eigenvalue weighted by Crippen LogP contribution is -2.54. The van der Waals surface area contributed by atoms with Crippen LogP contribution >= 0.6 is 0 Å². The first-order chi connectivity index (χ1) is 12.1. The quantitative estimate of drug-likeness (QED) is 0.610. The molecule has 1 aliphatic rings. The predicted octanol–water partition coefficient (Wildman–Crippen LogP) is 0.821. The number of likely N-dealkylation sites (tertiary alicyclic amines) is 1. The van der Waals surface area contributed by atoms with Crippen molar-refractivity contribution in [1.29, 1.82) is 0 Å². The number of rotatable bonds is 9. The van der Waals surface area contributed by atoms with E-state index in [1.165, 1.54) is 5.56 Å². The zero-order valence-electron chi connectivity index (χ0n) is 15.2. The van der Waals surface area contributed by atoms with Crippen LogP contribution in [0.25, 0.3) is 0 Å². The molecule has 1 fully saturated rings. The van der Waals surface area contributed by atoms with E-state index in [1.807, 2.05) is 29.2 Å². The fourth-order valence-corrected chi connectivity index (χ4v) is 3.18. The van der Waals surface area contributed by atoms with E-state index in [0.717, 1.165) is 25.1 Å². The Morgan fingerprint density at radius 3 is 2.52 bits per heavy atom. The van der Waals surface area contributed by atoms with Gasteiger partial charge in [0.2, 0.25) is 0 Å². The van der Waals surface area contributed by atoms with Crippen LogP contribution in [-0.4, -0.2) is 78.0 Å². The summed E-state index contributed by atoms with van der Waals surface area (Å²) >= 11 is 0. The molecule has 142 valence electrons. The highest BCUT2D eigenvalue weighted by molar-refractivity contribution is 5.27. The van der Waals surface area contributed by atoms with Crippen molar-refractivity contribution in [1.82, 2.24) is 4.90 Å². The first kappa shape index (κ1) is 20.1. The average molecular weight is 353 g/mol. The number of hydrogen-bond donors (Lipinski definition) is 3. The standard InChI is InChI=1S/C19H31NO5/c1-3-16(13-24-2)25-17-6-4-14(5-7-17)8-9-20-11-19(23)18(22)10-15(20)12-21/h4-7,15-16,18-19,21-23H,3,8-13H2,1-2H3/t15-,16?,18?,19+/m1/s1. The Balaban J connectivity index is 1.86. The van der Waals surface area contributed by atoms with Gasteiger partial charge >= 0.3 is 0 Å². The lowest BCUT2D eigenvalue weighted by molar-refractivity contribution is -0.0703. The molecule has 0 radical (unpaired) electrons. The van der Waals surface area contributed by atoms with Gasteiger partial charge in [0.25, 0.3) is 0 Å². The Morgan fingerprint density at radius 2 is 1.92 bits per heavy atom. The van der Waals surface area contributed by atoms with Gasteiger partial charge in [-0.1, -0.05) is 19.1 Å². The van der Waals surface area contributed by atoms with E-state index >= 15 is 0 Å². The van der Waals surface area contributed by atoms with Crippen LogP contribution in [0.3, 0.4) is 0 Å². The topological polar surface area (TPSA) is 82.4 Å². The zero-order valence-corrected chi connectivity index (χ0v) is 15.2. The van der Waals surface area contributed by atoms with Crippen LogP contribution in [0.2, 0.25) is 0 Å². The largest absolute Gasteiger partial charge is 0.488 e. The van der Waals surface area contributed by atoms with Crippen LogP contribution in [0.5, 0.6) is 5.75 Å². The molecule has 0 spiro atoms. The Kier molecular flexibility index (Phi) is 8.12. The Hall–Kier alpha value is -1.18. The minimum Gasteiger partial charge on any atom is -0.488 e. The van der Waals surface area contributed by atoms with E-state index in [0.29, 0.717) is 19.6 Å². The molecular formula is C19H31NO5. The second-order valence-corrected chi connectivity index (χ2v) is 6.70. The van der Waals surface area contributed by atoms with Crippen molar-refractivity contribution >= 4 is 0 Å². The Bertz CT molecular complexity index is 495. The fourth-order valence-electron chi connectivity index (χ4n) is 3.18. The van der Waals surface area contributed by atoms with Crippen molar-refractivity contribution in [2.24, 2.45) is 0 Å². The molecule has 6 heteroatoms. The SMILES string of the molecule is CCC(COC)Oc1ccc(CCN2C[C@H](O)C(O)C[C@@H]2CO)cc1. The first-order valence-electron chi connectivity index (χ1n) is 9.02. The third-order valence-electron chi connectivity index (χ3n) is 4.83. The maximum atomic E-state index is 9.85. The molecule has 1 saturated heterocycles. The van der Waals surface area contributed by atoms with E-state index < -0.39 is 12.2 Å². The van der Waals surface area contributed by atoms with Crippen molar-refractivity contribution in [3.63, 3.8) is 0 Å². The summed E-state index contributed by atoms with van der Waals surface area (Å²) in [4.78, 5) is 2.05. The molecular weight excluding hydrogens is 322 g/mol. The highest BCUT2D eigenvalue weighted by Gasteiger charge is 2.32. The van der Waals surface area contributed by atoms with Gasteiger partial charge in [-0.25, -0.2) is 0 Å². The normalized spacial score (nSPS) is 25.7. The number of β-amino-alcohol motifs (C(OH)–C–C–N with tert-alkyl or cyclic N) is 1. The van der Waals surface area contributed by atoms with Crippen molar-refractivity contribution in [3.05, 3.63) is 29.8 Å².